The summed E-state index contributed by atoms with van der Waals surface area (Å²) < 4.78 is 43.5. The minimum Gasteiger partial charge on any atom is -0.445 e. The SMILES string of the molecule is O=C(OCc1ccccc1)N1C[C@@H](C(F)(F)F)CC[C@H]1CO. The van der Waals surface area contributed by atoms with E-state index in [4.69, 9.17) is 4.74 Å². The van der Waals surface area contributed by atoms with Gasteiger partial charge in [-0.3, -0.25) is 0 Å². The molecule has 1 saturated heterocycles. The molecule has 4 nitrogen and oxygen atoms in total. The van der Waals surface area contributed by atoms with Crippen LogP contribution in [0.5, 0.6) is 0 Å². The topological polar surface area (TPSA) is 49.8 Å². The Morgan fingerprint density at radius 2 is 1.95 bits per heavy atom. The predicted octanol–water partition coefficient (Wildman–Crippen LogP) is 2.96. The number of hydrogen-bond acceptors (Lipinski definition) is 3. The number of piperidine rings is 1. The minimum atomic E-state index is -4.35. The van der Waals surface area contributed by atoms with Crippen LogP contribution in [0, 0.1) is 5.92 Å². The Bertz CT molecular complexity index is 493. The van der Waals surface area contributed by atoms with E-state index in [2.05, 4.69) is 0 Å². The molecule has 0 spiro atoms. The van der Waals surface area contributed by atoms with Gasteiger partial charge in [-0.25, -0.2) is 4.79 Å². The van der Waals surface area contributed by atoms with Crippen molar-refractivity contribution in [2.24, 2.45) is 5.92 Å². The highest BCUT2D eigenvalue weighted by Crippen LogP contribution is 2.35. The van der Waals surface area contributed by atoms with Crippen molar-refractivity contribution in [3.8, 4) is 0 Å². The number of carbonyl (C=O) groups excluding carboxylic acids is 1. The van der Waals surface area contributed by atoms with E-state index in [0.717, 1.165) is 10.5 Å². The summed E-state index contributed by atoms with van der Waals surface area (Å²) in [6, 6.07) is 8.25. The number of aliphatic hydroxyl groups is 1. The van der Waals surface area contributed by atoms with Gasteiger partial charge in [0, 0.05) is 6.54 Å². The molecule has 122 valence electrons. The number of hydrogen-bond donors (Lipinski definition) is 1. The van der Waals surface area contributed by atoms with Crippen molar-refractivity contribution in [1.82, 2.24) is 4.90 Å². The average Bonchev–Trinajstić information content (AvgIpc) is 2.52. The maximum absolute atomic E-state index is 12.8. The van der Waals surface area contributed by atoms with Gasteiger partial charge in [-0.1, -0.05) is 30.3 Å². The second kappa shape index (κ2) is 7.00. The number of ether oxygens (including phenoxy) is 1. The average molecular weight is 317 g/mol. The van der Waals surface area contributed by atoms with E-state index in [0.29, 0.717) is 0 Å². The van der Waals surface area contributed by atoms with Gasteiger partial charge in [0.25, 0.3) is 0 Å². The molecular formula is C15H18F3NO3. The zero-order valence-electron chi connectivity index (χ0n) is 11.9. The van der Waals surface area contributed by atoms with Crippen LogP contribution in [0.2, 0.25) is 0 Å². The van der Waals surface area contributed by atoms with Gasteiger partial charge in [-0.15, -0.1) is 0 Å². The zero-order chi connectivity index (χ0) is 16.2. The van der Waals surface area contributed by atoms with Crippen molar-refractivity contribution in [3.63, 3.8) is 0 Å². The number of nitrogens with zero attached hydrogens (tertiary/aromatic N) is 1. The van der Waals surface area contributed by atoms with Gasteiger partial charge in [-0.05, 0) is 18.4 Å². The summed E-state index contributed by atoms with van der Waals surface area (Å²) >= 11 is 0. The van der Waals surface area contributed by atoms with Crippen molar-refractivity contribution < 1.29 is 27.8 Å². The van der Waals surface area contributed by atoms with Crippen LogP contribution in [-0.4, -0.2) is 41.5 Å². The van der Waals surface area contributed by atoms with Gasteiger partial charge in [0.2, 0.25) is 0 Å². The summed E-state index contributed by atoms with van der Waals surface area (Å²) in [4.78, 5) is 13.0. The summed E-state index contributed by atoms with van der Waals surface area (Å²) in [6.07, 6.45) is -5.15. The predicted molar refractivity (Wildman–Crippen MR) is 73.0 cm³/mol. The van der Waals surface area contributed by atoms with Crippen LogP contribution >= 0.6 is 0 Å². The quantitative estimate of drug-likeness (QED) is 0.932. The van der Waals surface area contributed by atoms with Gasteiger partial charge >= 0.3 is 12.3 Å². The highest BCUT2D eigenvalue weighted by atomic mass is 19.4. The van der Waals surface area contributed by atoms with E-state index in [9.17, 15) is 23.1 Å². The first-order valence-electron chi connectivity index (χ1n) is 7.06. The summed E-state index contributed by atoms with van der Waals surface area (Å²) in [7, 11) is 0. The Kier molecular flexibility index (Phi) is 5.28. The first-order valence-corrected chi connectivity index (χ1v) is 7.06. The Balaban J connectivity index is 1.98. The molecule has 0 unspecified atom stereocenters. The van der Waals surface area contributed by atoms with Crippen LogP contribution < -0.4 is 0 Å². The van der Waals surface area contributed by atoms with Gasteiger partial charge in [-0.2, -0.15) is 13.2 Å². The lowest BCUT2D eigenvalue weighted by molar-refractivity contribution is -0.189. The fraction of sp³-hybridized carbons (Fsp3) is 0.533. The number of rotatable bonds is 3. The molecule has 1 amide bonds. The molecule has 7 heteroatoms. The van der Waals surface area contributed by atoms with E-state index in [1.807, 2.05) is 6.07 Å². The third kappa shape index (κ3) is 4.13. The molecule has 1 heterocycles. The Labute approximate surface area is 126 Å². The second-order valence-corrected chi connectivity index (χ2v) is 5.34. The lowest BCUT2D eigenvalue weighted by Crippen LogP contribution is -2.51. The molecule has 2 rings (SSSR count). The highest BCUT2D eigenvalue weighted by Gasteiger charge is 2.45. The van der Waals surface area contributed by atoms with E-state index in [1.165, 1.54) is 0 Å². The molecule has 1 fully saturated rings. The number of alkyl halides is 3. The summed E-state index contributed by atoms with van der Waals surface area (Å²) in [6.45, 7) is -0.849. The largest absolute Gasteiger partial charge is 0.445 e. The molecule has 1 aromatic carbocycles. The number of amides is 1. The lowest BCUT2D eigenvalue weighted by atomic mass is 9.93. The fourth-order valence-corrected chi connectivity index (χ4v) is 2.51. The number of halogens is 3. The van der Waals surface area contributed by atoms with E-state index in [-0.39, 0.29) is 26.1 Å². The molecule has 0 bridgehead atoms. The molecule has 22 heavy (non-hydrogen) atoms. The first kappa shape index (κ1) is 16.6. The third-order valence-electron chi connectivity index (χ3n) is 3.82. The molecule has 0 aliphatic carbocycles. The summed E-state index contributed by atoms with van der Waals surface area (Å²) in [5.74, 6) is -1.57. The number of likely N-dealkylation sites (tertiary alicyclic amines) is 1. The zero-order valence-corrected chi connectivity index (χ0v) is 11.9. The maximum Gasteiger partial charge on any atom is 0.410 e. The van der Waals surface area contributed by atoms with Crippen LogP contribution in [-0.2, 0) is 11.3 Å². The molecule has 0 radical (unpaired) electrons. The maximum atomic E-state index is 12.8. The van der Waals surface area contributed by atoms with Crippen LogP contribution in [0.3, 0.4) is 0 Å². The van der Waals surface area contributed by atoms with Crippen molar-refractivity contribution in [3.05, 3.63) is 35.9 Å². The molecule has 0 saturated carbocycles. The van der Waals surface area contributed by atoms with Gasteiger partial charge in [0.05, 0.1) is 18.6 Å². The van der Waals surface area contributed by atoms with E-state index >= 15 is 0 Å². The monoisotopic (exact) mass is 317 g/mol. The normalized spacial score (nSPS) is 22.5. The molecule has 1 N–H and O–H groups in total. The van der Waals surface area contributed by atoms with E-state index in [1.54, 1.807) is 24.3 Å². The molecule has 2 atom stereocenters. The standard InChI is InChI=1S/C15H18F3NO3/c16-15(17,18)12-6-7-13(9-20)19(8-12)14(21)22-10-11-4-2-1-3-5-11/h1-5,12-13,20H,6-10H2/t12-,13-/m0/s1. The lowest BCUT2D eigenvalue weighted by Gasteiger charge is -2.38. The van der Waals surface area contributed by atoms with Crippen molar-refractivity contribution in [2.75, 3.05) is 13.2 Å². The second-order valence-electron chi connectivity index (χ2n) is 5.34. The van der Waals surface area contributed by atoms with Crippen molar-refractivity contribution in [1.29, 1.82) is 0 Å². The first-order chi connectivity index (χ1) is 10.4. The summed E-state index contributed by atoms with van der Waals surface area (Å²) in [5, 5.41) is 9.25. The van der Waals surface area contributed by atoms with Gasteiger partial charge in [0.15, 0.2) is 0 Å². The number of aliphatic hydroxyl groups excluding tert-OH is 1. The number of carbonyl (C=O) groups is 1. The number of benzene rings is 1. The fourth-order valence-electron chi connectivity index (χ4n) is 2.51. The Morgan fingerprint density at radius 3 is 2.55 bits per heavy atom. The van der Waals surface area contributed by atoms with Gasteiger partial charge in [0.1, 0.15) is 6.61 Å². The van der Waals surface area contributed by atoms with E-state index < -0.39 is 30.8 Å². The Hall–Kier alpha value is -1.76. The smallest absolute Gasteiger partial charge is 0.410 e. The summed E-state index contributed by atoms with van der Waals surface area (Å²) in [5.41, 5.74) is 0.751. The molecule has 1 aliphatic rings. The van der Waals surface area contributed by atoms with Crippen LogP contribution in [0.25, 0.3) is 0 Å². The molecule has 0 aromatic heterocycles. The van der Waals surface area contributed by atoms with Crippen LogP contribution in [0.1, 0.15) is 18.4 Å². The van der Waals surface area contributed by atoms with Crippen LogP contribution in [0.4, 0.5) is 18.0 Å². The van der Waals surface area contributed by atoms with Crippen LogP contribution in [0.15, 0.2) is 30.3 Å². The highest BCUT2D eigenvalue weighted by molar-refractivity contribution is 5.68. The van der Waals surface area contributed by atoms with Gasteiger partial charge < -0.3 is 14.7 Å². The molecule has 1 aliphatic heterocycles. The van der Waals surface area contributed by atoms with Crippen molar-refractivity contribution in [2.45, 2.75) is 31.7 Å². The minimum absolute atomic E-state index is 0.00892. The molecule has 1 aromatic rings. The Morgan fingerprint density at radius 1 is 1.27 bits per heavy atom. The third-order valence-corrected chi connectivity index (χ3v) is 3.82. The molecular weight excluding hydrogens is 299 g/mol. The van der Waals surface area contributed by atoms with Crippen molar-refractivity contribution >= 4 is 6.09 Å².